The van der Waals surface area contributed by atoms with E-state index < -0.39 is 11.7 Å². The molecule has 1 heterocycles. The average molecular weight is 415 g/mol. The van der Waals surface area contributed by atoms with Crippen molar-refractivity contribution < 1.29 is 22.7 Å². The van der Waals surface area contributed by atoms with E-state index in [4.69, 9.17) is 4.74 Å². The van der Waals surface area contributed by atoms with Crippen LogP contribution in [0.1, 0.15) is 22.4 Å². The fourth-order valence-corrected chi connectivity index (χ4v) is 2.65. The molecule has 1 amide bonds. The molecule has 0 atom stereocenters. The van der Waals surface area contributed by atoms with E-state index in [0.717, 1.165) is 23.3 Å². The highest BCUT2D eigenvalue weighted by molar-refractivity contribution is 5.77. The van der Waals surface area contributed by atoms with Gasteiger partial charge in [0.1, 0.15) is 0 Å². The van der Waals surface area contributed by atoms with Gasteiger partial charge in [0.15, 0.2) is 12.4 Å². The Morgan fingerprint density at radius 2 is 1.67 bits per heavy atom. The van der Waals surface area contributed by atoms with Gasteiger partial charge in [0.2, 0.25) is 5.88 Å². The first-order valence-corrected chi connectivity index (χ1v) is 9.19. The van der Waals surface area contributed by atoms with Crippen LogP contribution in [0, 0.1) is 13.8 Å². The first-order chi connectivity index (χ1) is 14.2. The summed E-state index contributed by atoms with van der Waals surface area (Å²) < 4.78 is 43.6. The van der Waals surface area contributed by atoms with E-state index in [1.807, 2.05) is 31.2 Å². The molecule has 0 bridgehead atoms. The number of nitrogens with zero attached hydrogens (tertiary/aromatic N) is 2. The third-order valence-electron chi connectivity index (χ3n) is 4.26. The Hall–Kier alpha value is -3.42. The molecule has 0 saturated carbocycles. The van der Waals surface area contributed by atoms with Gasteiger partial charge in [-0.15, -0.1) is 0 Å². The molecule has 30 heavy (non-hydrogen) atoms. The summed E-state index contributed by atoms with van der Waals surface area (Å²) in [6.07, 6.45) is -4.41. The van der Waals surface area contributed by atoms with Gasteiger partial charge in [0, 0.05) is 23.9 Å². The number of benzene rings is 2. The Balaban J connectivity index is 1.62. The van der Waals surface area contributed by atoms with Crippen LogP contribution < -0.4 is 10.1 Å². The normalized spacial score (nSPS) is 11.2. The van der Waals surface area contributed by atoms with Crippen LogP contribution in [-0.2, 0) is 17.5 Å². The molecule has 1 aromatic heterocycles. The number of aryl methyl sites for hydroxylation is 2. The Bertz CT molecular complexity index is 1020. The lowest BCUT2D eigenvalue weighted by Crippen LogP contribution is -2.28. The van der Waals surface area contributed by atoms with Crippen molar-refractivity contribution in [1.29, 1.82) is 0 Å². The van der Waals surface area contributed by atoms with Crippen molar-refractivity contribution >= 4 is 5.91 Å². The summed E-state index contributed by atoms with van der Waals surface area (Å²) in [5, 5.41) is 2.76. The van der Waals surface area contributed by atoms with Gasteiger partial charge in [0.25, 0.3) is 5.91 Å². The zero-order valence-electron chi connectivity index (χ0n) is 16.5. The molecule has 0 fully saturated rings. The number of nitrogens with one attached hydrogen (secondary N) is 1. The van der Waals surface area contributed by atoms with Gasteiger partial charge in [-0.2, -0.15) is 18.2 Å². The third kappa shape index (κ3) is 5.79. The molecule has 0 saturated heterocycles. The largest absolute Gasteiger partial charge is 0.467 e. The Morgan fingerprint density at radius 3 is 2.30 bits per heavy atom. The lowest BCUT2D eigenvalue weighted by Gasteiger charge is -2.10. The maximum absolute atomic E-state index is 12.7. The Morgan fingerprint density at radius 1 is 1.00 bits per heavy atom. The van der Waals surface area contributed by atoms with Gasteiger partial charge in [-0.3, -0.25) is 4.79 Å². The van der Waals surface area contributed by atoms with Crippen molar-refractivity contribution in [3.8, 4) is 17.3 Å². The quantitative estimate of drug-likeness (QED) is 0.645. The molecule has 0 aliphatic rings. The molecule has 3 aromatic rings. The minimum absolute atomic E-state index is 0.169. The van der Waals surface area contributed by atoms with Gasteiger partial charge < -0.3 is 10.1 Å². The molecule has 0 radical (unpaired) electrons. The zero-order chi connectivity index (χ0) is 21.7. The highest BCUT2D eigenvalue weighted by Crippen LogP contribution is 2.30. The van der Waals surface area contributed by atoms with E-state index >= 15 is 0 Å². The van der Waals surface area contributed by atoms with E-state index in [1.165, 1.54) is 12.1 Å². The highest BCUT2D eigenvalue weighted by Gasteiger charge is 2.30. The molecule has 5 nitrogen and oxygen atoms in total. The van der Waals surface area contributed by atoms with Crippen molar-refractivity contribution in [3.05, 3.63) is 77.0 Å². The maximum atomic E-state index is 12.7. The summed E-state index contributed by atoms with van der Waals surface area (Å²) in [5.74, 6) is 0.0737. The number of amides is 1. The summed E-state index contributed by atoms with van der Waals surface area (Å²) in [6.45, 7) is 3.83. The Kier molecular flexibility index (Phi) is 6.34. The van der Waals surface area contributed by atoms with Crippen LogP contribution in [0.3, 0.4) is 0 Å². The minimum atomic E-state index is -4.41. The van der Waals surface area contributed by atoms with Crippen LogP contribution in [0.2, 0.25) is 0 Å². The minimum Gasteiger partial charge on any atom is -0.467 e. The molecule has 0 spiro atoms. The second kappa shape index (κ2) is 8.94. The van der Waals surface area contributed by atoms with Crippen LogP contribution in [0.4, 0.5) is 13.2 Å². The smallest absolute Gasteiger partial charge is 0.416 e. The summed E-state index contributed by atoms with van der Waals surface area (Å²) in [4.78, 5) is 20.5. The fraction of sp³-hybridized carbons (Fsp3) is 0.227. The van der Waals surface area contributed by atoms with Crippen LogP contribution >= 0.6 is 0 Å². The van der Waals surface area contributed by atoms with Crippen LogP contribution in [0.25, 0.3) is 11.4 Å². The number of carbonyl (C=O) groups excluding carboxylic acids is 1. The van der Waals surface area contributed by atoms with E-state index in [9.17, 15) is 18.0 Å². The van der Waals surface area contributed by atoms with Crippen molar-refractivity contribution in [1.82, 2.24) is 15.3 Å². The van der Waals surface area contributed by atoms with E-state index in [1.54, 1.807) is 13.0 Å². The van der Waals surface area contributed by atoms with Gasteiger partial charge in [-0.25, -0.2) is 4.98 Å². The summed E-state index contributed by atoms with van der Waals surface area (Å²) in [5.41, 5.74) is 2.34. The molecule has 1 N–H and O–H groups in total. The SMILES string of the molecule is Cc1ccc(CNC(=O)COc2cc(C)nc(-c3ccc(C(F)(F)F)cc3)n2)cc1. The molecule has 0 aliphatic heterocycles. The number of hydrogen-bond donors (Lipinski definition) is 1. The van der Waals surface area contributed by atoms with Gasteiger partial charge in [0.05, 0.1) is 5.56 Å². The van der Waals surface area contributed by atoms with Crippen LogP contribution in [0.5, 0.6) is 5.88 Å². The molecule has 156 valence electrons. The summed E-state index contributed by atoms with van der Waals surface area (Å²) >= 11 is 0. The van der Waals surface area contributed by atoms with Gasteiger partial charge in [-0.05, 0) is 31.5 Å². The predicted molar refractivity (Wildman–Crippen MR) is 106 cm³/mol. The molecular formula is C22H20F3N3O2. The predicted octanol–water partition coefficient (Wildman–Crippen LogP) is 4.47. The maximum Gasteiger partial charge on any atom is 0.416 e. The van der Waals surface area contributed by atoms with E-state index in [-0.39, 0.29) is 24.2 Å². The number of aromatic nitrogens is 2. The first kappa shape index (κ1) is 21.3. The summed E-state index contributed by atoms with van der Waals surface area (Å²) in [7, 11) is 0. The number of halogens is 3. The number of ether oxygens (including phenoxy) is 1. The zero-order valence-corrected chi connectivity index (χ0v) is 16.5. The Labute approximate surface area is 171 Å². The lowest BCUT2D eigenvalue weighted by molar-refractivity contribution is -0.137. The first-order valence-electron chi connectivity index (χ1n) is 9.19. The van der Waals surface area contributed by atoms with Gasteiger partial charge >= 0.3 is 6.18 Å². The van der Waals surface area contributed by atoms with Crippen molar-refractivity contribution in [3.63, 3.8) is 0 Å². The number of hydrogen-bond acceptors (Lipinski definition) is 4. The molecule has 8 heteroatoms. The third-order valence-corrected chi connectivity index (χ3v) is 4.26. The molecular weight excluding hydrogens is 395 g/mol. The molecule has 0 unspecified atom stereocenters. The number of carbonyl (C=O) groups is 1. The average Bonchev–Trinajstić information content (AvgIpc) is 2.71. The lowest BCUT2D eigenvalue weighted by atomic mass is 10.1. The van der Waals surface area contributed by atoms with Crippen molar-refractivity contribution in [2.45, 2.75) is 26.6 Å². The molecule has 0 aliphatic carbocycles. The topological polar surface area (TPSA) is 64.1 Å². The summed E-state index contributed by atoms with van der Waals surface area (Å²) in [6, 6.07) is 13.9. The molecule has 3 rings (SSSR count). The van der Waals surface area contributed by atoms with Crippen LogP contribution in [0.15, 0.2) is 54.6 Å². The number of rotatable bonds is 6. The van der Waals surface area contributed by atoms with E-state index in [0.29, 0.717) is 17.8 Å². The van der Waals surface area contributed by atoms with Crippen molar-refractivity contribution in [2.75, 3.05) is 6.61 Å². The molecule has 2 aromatic carbocycles. The number of alkyl halides is 3. The second-order valence-corrected chi connectivity index (χ2v) is 6.80. The fourth-order valence-electron chi connectivity index (χ4n) is 2.65. The van der Waals surface area contributed by atoms with Crippen LogP contribution in [-0.4, -0.2) is 22.5 Å². The van der Waals surface area contributed by atoms with E-state index in [2.05, 4.69) is 15.3 Å². The standard InChI is InChI=1S/C22H20F3N3O2/c1-14-3-5-16(6-4-14)12-26-19(29)13-30-20-11-15(2)27-21(28-20)17-7-9-18(10-8-17)22(23,24)25/h3-11H,12-13H2,1-2H3,(H,26,29). The van der Waals surface area contributed by atoms with Gasteiger partial charge in [-0.1, -0.05) is 42.0 Å². The second-order valence-electron chi connectivity index (χ2n) is 6.80. The monoisotopic (exact) mass is 415 g/mol. The van der Waals surface area contributed by atoms with Crippen molar-refractivity contribution in [2.24, 2.45) is 0 Å². The highest BCUT2D eigenvalue weighted by atomic mass is 19.4.